The first kappa shape index (κ1) is 11.5. The number of hydrogen-bond acceptors (Lipinski definition) is 4. The Labute approximate surface area is 105 Å². The molecule has 0 aliphatic heterocycles. The minimum absolute atomic E-state index is 0.588. The summed E-state index contributed by atoms with van der Waals surface area (Å²) in [4.78, 5) is 17.9. The number of carboxylic acids is 1. The van der Waals surface area contributed by atoms with Gasteiger partial charge in [-0.15, -0.1) is 0 Å². The molecular formula is C10H8BrN2O2S-. The minimum Gasteiger partial charge on any atom is -0.549 e. The standard InChI is InChI=1S/C10H9BrN2O2S/c1-5(9(14)15)16-10-12-7-3-2-6(11)4-8(7)13-10/h2-5H,1H3,(H,12,13)(H,14,15)/p-1/t5-/m0/s1. The van der Waals surface area contributed by atoms with Crippen LogP contribution in [0.2, 0.25) is 0 Å². The minimum atomic E-state index is -1.09. The van der Waals surface area contributed by atoms with Crippen molar-refractivity contribution in [2.24, 2.45) is 0 Å². The van der Waals surface area contributed by atoms with Gasteiger partial charge in [-0.25, -0.2) is 4.98 Å². The van der Waals surface area contributed by atoms with E-state index in [-0.39, 0.29) is 0 Å². The summed E-state index contributed by atoms with van der Waals surface area (Å²) < 4.78 is 0.952. The lowest BCUT2D eigenvalue weighted by Crippen LogP contribution is -2.31. The number of carbonyl (C=O) groups excluding carboxylic acids is 1. The van der Waals surface area contributed by atoms with Crippen LogP contribution in [0, 0.1) is 0 Å². The van der Waals surface area contributed by atoms with Gasteiger partial charge >= 0.3 is 0 Å². The van der Waals surface area contributed by atoms with E-state index < -0.39 is 11.2 Å². The van der Waals surface area contributed by atoms with Crippen LogP contribution in [0.15, 0.2) is 27.8 Å². The Morgan fingerprint density at radius 1 is 1.62 bits per heavy atom. The number of aliphatic carboxylic acids is 1. The van der Waals surface area contributed by atoms with E-state index in [1.165, 1.54) is 0 Å². The molecule has 6 heteroatoms. The van der Waals surface area contributed by atoms with Gasteiger partial charge in [0.05, 0.1) is 17.0 Å². The Morgan fingerprint density at radius 3 is 3.06 bits per heavy atom. The van der Waals surface area contributed by atoms with Gasteiger partial charge in [0.1, 0.15) is 0 Å². The zero-order valence-electron chi connectivity index (χ0n) is 8.36. The maximum atomic E-state index is 10.6. The average Bonchev–Trinajstić information content (AvgIpc) is 2.58. The van der Waals surface area contributed by atoms with E-state index in [4.69, 9.17) is 0 Å². The van der Waals surface area contributed by atoms with Crippen molar-refractivity contribution in [3.8, 4) is 0 Å². The van der Waals surface area contributed by atoms with Crippen LogP contribution >= 0.6 is 27.7 Å². The van der Waals surface area contributed by atoms with Crippen LogP contribution in [0.3, 0.4) is 0 Å². The molecule has 1 aromatic heterocycles. The predicted molar refractivity (Wildman–Crippen MR) is 64.1 cm³/mol. The number of hydrogen-bond donors (Lipinski definition) is 1. The zero-order valence-corrected chi connectivity index (χ0v) is 10.8. The molecule has 1 aromatic carbocycles. The number of carboxylic acid groups (broad SMARTS) is 1. The van der Waals surface area contributed by atoms with E-state index in [9.17, 15) is 9.90 Å². The molecule has 0 unspecified atom stereocenters. The van der Waals surface area contributed by atoms with Crippen molar-refractivity contribution in [2.45, 2.75) is 17.3 Å². The van der Waals surface area contributed by atoms with E-state index >= 15 is 0 Å². The Kier molecular flexibility index (Phi) is 3.20. The highest BCUT2D eigenvalue weighted by Crippen LogP contribution is 2.24. The molecule has 0 saturated carbocycles. The Balaban J connectivity index is 2.29. The normalized spacial score (nSPS) is 12.9. The van der Waals surface area contributed by atoms with Gasteiger partial charge in [-0.05, 0) is 25.1 Å². The van der Waals surface area contributed by atoms with Crippen molar-refractivity contribution < 1.29 is 9.90 Å². The molecule has 0 saturated heterocycles. The largest absolute Gasteiger partial charge is 0.549 e. The summed E-state index contributed by atoms with van der Waals surface area (Å²) in [6, 6.07) is 5.65. The fourth-order valence-corrected chi connectivity index (χ4v) is 2.34. The second kappa shape index (κ2) is 4.47. The van der Waals surface area contributed by atoms with Gasteiger partial charge in [0, 0.05) is 9.72 Å². The molecular weight excluding hydrogens is 292 g/mol. The molecule has 2 rings (SSSR count). The molecule has 0 aliphatic rings. The van der Waals surface area contributed by atoms with Gasteiger partial charge in [-0.1, -0.05) is 27.7 Å². The fourth-order valence-electron chi connectivity index (χ4n) is 1.23. The first-order valence-electron chi connectivity index (χ1n) is 4.59. The van der Waals surface area contributed by atoms with Gasteiger partial charge in [0.15, 0.2) is 5.16 Å². The summed E-state index contributed by atoms with van der Waals surface area (Å²) in [5.41, 5.74) is 1.69. The third-order valence-electron chi connectivity index (χ3n) is 2.04. The summed E-state index contributed by atoms with van der Waals surface area (Å²) in [5, 5.41) is 10.6. The highest BCUT2D eigenvalue weighted by Gasteiger charge is 2.09. The number of halogens is 1. The van der Waals surface area contributed by atoms with Crippen molar-refractivity contribution in [1.29, 1.82) is 0 Å². The molecule has 1 N–H and O–H groups in total. The molecule has 4 nitrogen and oxygen atoms in total. The number of nitrogens with zero attached hydrogens (tertiary/aromatic N) is 1. The molecule has 1 heterocycles. The summed E-state index contributed by atoms with van der Waals surface area (Å²) in [5.74, 6) is -1.09. The lowest BCUT2D eigenvalue weighted by Gasteiger charge is -2.08. The maximum Gasteiger partial charge on any atom is 0.166 e. The number of H-pyrrole nitrogens is 1. The van der Waals surface area contributed by atoms with Gasteiger partial charge in [-0.3, -0.25) is 0 Å². The predicted octanol–water partition coefficient (Wildman–Crippen LogP) is 1.56. The van der Waals surface area contributed by atoms with Crippen molar-refractivity contribution >= 4 is 44.7 Å². The summed E-state index contributed by atoms with van der Waals surface area (Å²) in [7, 11) is 0. The van der Waals surface area contributed by atoms with Gasteiger partial charge in [-0.2, -0.15) is 0 Å². The highest BCUT2D eigenvalue weighted by molar-refractivity contribution is 9.10. The van der Waals surface area contributed by atoms with Gasteiger partial charge in [0.2, 0.25) is 0 Å². The zero-order chi connectivity index (χ0) is 11.7. The van der Waals surface area contributed by atoms with Crippen LogP contribution in [0.25, 0.3) is 11.0 Å². The number of benzene rings is 1. The number of carbonyl (C=O) groups is 1. The first-order chi connectivity index (χ1) is 7.56. The second-order valence-electron chi connectivity index (χ2n) is 3.28. The molecule has 16 heavy (non-hydrogen) atoms. The van der Waals surface area contributed by atoms with Crippen LogP contribution in [0.4, 0.5) is 0 Å². The number of thioether (sulfide) groups is 1. The molecule has 0 fully saturated rings. The van der Waals surface area contributed by atoms with Crippen molar-refractivity contribution in [2.75, 3.05) is 0 Å². The molecule has 84 valence electrons. The SMILES string of the molecule is C[C@H](Sc1nc2ccc(Br)cc2[nH]1)C(=O)[O-]. The Bertz CT molecular complexity index is 541. The summed E-state index contributed by atoms with van der Waals surface area (Å²) in [6.45, 7) is 1.57. The quantitative estimate of drug-likeness (QED) is 0.873. The van der Waals surface area contributed by atoms with Crippen LogP contribution in [0.5, 0.6) is 0 Å². The van der Waals surface area contributed by atoms with Crippen molar-refractivity contribution in [3.05, 3.63) is 22.7 Å². The smallest absolute Gasteiger partial charge is 0.166 e. The molecule has 0 aliphatic carbocycles. The van der Waals surface area contributed by atoms with Crippen LogP contribution < -0.4 is 5.11 Å². The lowest BCUT2D eigenvalue weighted by atomic mass is 10.3. The molecule has 0 amide bonds. The van der Waals surface area contributed by atoms with E-state index in [1.54, 1.807) is 6.92 Å². The summed E-state index contributed by atoms with van der Waals surface area (Å²) >= 11 is 4.50. The molecule has 0 spiro atoms. The van der Waals surface area contributed by atoms with Crippen LogP contribution in [-0.4, -0.2) is 21.2 Å². The van der Waals surface area contributed by atoms with E-state index in [0.717, 1.165) is 27.3 Å². The topological polar surface area (TPSA) is 68.8 Å². The Hall–Kier alpha value is -1.01. The monoisotopic (exact) mass is 299 g/mol. The molecule has 0 radical (unpaired) electrons. The number of nitrogens with one attached hydrogen (secondary N) is 1. The molecule has 0 bridgehead atoms. The lowest BCUT2D eigenvalue weighted by molar-refractivity contribution is -0.304. The van der Waals surface area contributed by atoms with Gasteiger partial charge < -0.3 is 14.9 Å². The summed E-state index contributed by atoms with van der Waals surface area (Å²) in [6.07, 6.45) is 0. The van der Waals surface area contributed by atoms with E-state index in [1.807, 2.05) is 18.2 Å². The first-order valence-corrected chi connectivity index (χ1v) is 6.26. The van der Waals surface area contributed by atoms with Crippen molar-refractivity contribution in [1.82, 2.24) is 9.97 Å². The van der Waals surface area contributed by atoms with Crippen molar-refractivity contribution in [3.63, 3.8) is 0 Å². The van der Waals surface area contributed by atoms with E-state index in [2.05, 4.69) is 25.9 Å². The number of imidazole rings is 1. The number of fused-ring (bicyclic) bond motifs is 1. The number of rotatable bonds is 3. The average molecular weight is 300 g/mol. The van der Waals surface area contributed by atoms with Crippen LogP contribution in [-0.2, 0) is 4.79 Å². The Morgan fingerprint density at radius 2 is 2.38 bits per heavy atom. The van der Waals surface area contributed by atoms with E-state index in [0.29, 0.717) is 5.16 Å². The number of aromatic amines is 1. The third-order valence-corrected chi connectivity index (χ3v) is 3.50. The third kappa shape index (κ3) is 2.38. The number of aromatic nitrogens is 2. The molecule has 2 aromatic rings. The molecule has 1 atom stereocenters. The maximum absolute atomic E-state index is 10.6. The van der Waals surface area contributed by atoms with Gasteiger partial charge in [0.25, 0.3) is 0 Å². The fraction of sp³-hybridized carbons (Fsp3) is 0.200. The van der Waals surface area contributed by atoms with Crippen LogP contribution in [0.1, 0.15) is 6.92 Å². The second-order valence-corrected chi connectivity index (χ2v) is 5.53. The highest BCUT2D eigenvalue weighted by atomic mass is 79.9.